The van der Waals surface area contributed by atoms with Crippen LogP contribution in [0.3, 0.4) is 0 Å². The van der Waals surface area contributed by atoms with Crippen LogP contribution in [0.2, 0.25) is 0 Å². The average molecular weight is 195 g/mol. The van der Waals surface area contributed by atoms with E-state index in [1.54, 1.807) is 0 Å². The predicted octanol–water partition coefficient (Wildman–Crippen LogP) is 2.10. The minimum Gasteiger partial charge on any atom is -0.408 e. The van der Waals surface area contributed by atoms with E-state index in [-0.39, 0.29) is 0 Å². The highest BCUT2D eigenvalue weighted by Gasteiger charge is 2.31. The maximum absolute atomic E-state index is 12.7. The van der Waals surface area contributed by atoms with Gasteiger partial charge in [-0.3, -0.25) is 0 Å². The first kappa shape index (κ1) is 9.79. The number of nitrogens with two attached hydrogens (primary N) is 1. The van der Waals surface area contributed by atoms with Crippen LogP contribution in [-0.4, -0.2) is 0 Å². The molecular weight excluding hydrogens is 190 g/mol. The van der Waals surface area contributed by atoms with Crippen LogP contribution in [0.15, 0.2) is 18.2 Å². The van der Waals surface area contributed by atoms with Crippen LogP contribution < -0.4 is 10.7 Å². The molecule has 0 saturated carbocycles. The Morgan fingerprint density at radius 2 is 1.85 bits per heavy atom. The van der Waals surface area contributed by atoms with E-state index in [0.29, 0.717) is 12.1 Å². The van der Waals surface area contributed by atoms with Gasteiger partial charge >= 0.3 is 6.18 Å². The zero-order valence-corrected chi connectivity index (χ0v) is 6.23. The number of rotatable bonds is 1. The molecule has 1 rings (SSSR count). The van der Waals surface area contributed by atoms with Gasteiger partial charge < -0.3 is 4.84 Å². The van der Waals surface area contributed by atoms with Crippen LogP contribution in [0.1, 0.15) is 5.56 Å². The minimum absolute atomic E-state index is 0.322. The summed E-state index contributed by atoms with van der Waals surface area (Å²) in [5.41, 5.74) is -1.08. The lowest BCUT2D eigenvalue weighted by Crippen LogP contribution is -2.08. The topological polar surface area (TPSA) is 35.2 Å². The molecule has 0 spiro atoms. The second kappa shape index (κ2) is 3.21. The number of halogens is 4. The first-order valence-electron chi connectivity index (χ1n) is 3.18. The third kappa shape index (κ3) is 2.09. The molecule has 0 bridgehead atoms. The zero-order chi connectivity index (χ0) is 10.1. The summed E-state index contributed by atoms with van der Waals surface area (Å²) in [7, 11) is 0. The van der Waals surface area contributed by atoms with Crippen molar-refractivity contribution in [1.29, 1.82) is 0 Å². The molecule has 1 aromatic carbocycles. The Balaban J connectivity index is 3.10. The third-order valence-corrected chi connectivity index (χ3v) is 1.39. The molecule has 0 fully saturated rings. The van der Waals surface area contributed by atoms with E-state index < -0.39 is 23.3 Å². The molecule has 13 heavy (non-hydrogen) atoms. The lowest BCUT2D eigenvalue weighted by Gasteiger charge is -2.07. The van der Waals surface area contributed by atoms with Crippen molar-refractivity contribution in [3.8, 4) is 5.75 Å². The molecule has 0 aliphatic carbocycles. The first-order chi connectivity index (χ1) is 5.95. The molecule has 0 saturated heterocycles. The van der Waals surface area contributed by atoms with Crippen LogP contribution in [0.25, 0.3) is 0 Å². The minimum atomic E-state index is -4.56. The third-order valence-electron chi connectivity index (χ3n) is 1.39. The van der Waals surface area contributed by atoms with Crippen LogP contribution in [0, 0.1) is 5.82 Å². The maximum Gasteiger partial charge on any atom is 0.416 e. The summed E-state index contributed by atoms with van der Waals surface area (Å²) in [5, 5.41) is 0. The highest BCUT2D eigenvalue weighted by Crippen LogP contribution is 2.31. The van der Waals surface area contributed by atoms with E-state index in [9.17, 15) is 17.6 Å². The molecule has 0 amide bonds. The predicted molar refractivity (Wildman–Crippen MR) is 36.2 cm³/mol. The Morgan fingerprint density at radius 1 is 1.23 bits per heavy atom. The molecule has 72 valence electrons. The molecule has 1 aromatic rings. The second-order valence-corrected chi connectivity index (χ2v) is 2.26. The Bertz CT molecular complexity index is 310. The fourth-order valence-corrected chi connectivity index (χ4v) is 0.773. The summed E-state index contributed by atoms with van der Waals surface area (Å²) < 4.78 is 48.6. The molecule has 0 aliphatic heterocycles. The molecular formula is C7H5F4NO. The van der Waals surface area contributed by atoms with Crippen molar-refractivity contribution in [3.63, 3.8) is 0 Å². The largest absolute Gasteiger partial charge is 0.416 e. The number of hydrogen-bond acceptors (Lipinski definition) is 2. The standard InChI is InChI=1S/C7H5F4NO/c8-5-3-4(7(9,10)11)1-2-6(5)13-12/h1-3H,12H2. The van der Waals surface area contributed by atoms with Gasteiger partial charge in [0.2, 0.25) is 0 Å². The van der Waals surface area contributed by atoms with Crippen LogP contribution >= 0.6 is 0 Å². The summed E-state index contributed by atoms with van der Waals surface area (Å²) in [6.45, 7) is 0. The molecule has 0 atom stereocenters. The van der Waals surface area contributed by atoms with E-state index in [2.05, 4.69) is 10.7 Å². The van der Waals surface area contributed by atoms with Crippen molar-refractivity contribution in [1.82, 2.24) is 0 Å². The van der Waals surface area contributed by atoms with E-state index in [4.69, 9.17) is 0 Å². The summed E-state index contributed by atoms with van der Waals surface area (Å²) in [6, 6.07) is 1.83. The summed E-state index contributed by atoms with van der Waals surface area (Å²) in [5.74, 6) is 3.02. The van der Waals surface area contributed by atoms with Gasteiger partial charge in [0.15, 0.2) is 11.6 Å². The maximum atomic E-state index is 12.7. The molecule has 0 unspecified atom stereocenters. The molecule has 0 aliphatic rings. The fourth-order valence-electron chi connectivity index (χ4n) is 0.773. The molecule has 2 nitrogen and oxygen atoms in total. The summed E-state index contributed by atoms with van der Waals surface area (Å²) in [4.78, 5) is 3.97. The van der Waals surface area contributed by atoms with Crippen LogP contribution in [0.5, 0.6) is 5.75 Å². The molecule has 0 heterocycles. The monoisotopic (exact) mass is 195 g/mol. The lowest BCUT2D eigenvalue weighted by molar-refractivity contribution is -0.137. The fraction of sp³-hybridized carbons (Fsp3) is 0.143. The van der Waals surface area contributed by atoms with Gasteiger partial charge in [-0.15, -0.1) is 0 Å². The SMILES string of the molecule is NOc1ccc(C(F)(F)F)cc1F. The van der Waals surface area contributed by atoms with E-state index in [1.165, 1.54) is 0 Å². The van der Waals surface area contributed by atoms with Crippen LogP contribution in [-0.2, 0) is 6.18 Å². The molecule has 0 aromatic heterocycles. The Hall–Kier alpha value is -1.30. The molecule has 0 radical (unpaired) electrons. The summed E-state index contributed by atoms with van der Waals surface area (Å²) >= 11 is 0. The van der Waals surface area contributed by atoms with Crippen molar-refractivity contribution in [2.45, 2.75) is 6.18 Å². The van der Waals surface area contributed by atoms with Crippen LogP contribution in [0.4, 0.5) is 17.6 Å². The van der Waals surface area contributed by atoms with Gasteiger partial charge in [-0.25, -0.2) is 4.39 Å². The van der Waals surface area contributed by atoms with Crippen molar-refractivity contribution in [3.05, 3.63) is 29.6 Å². The summed E-state index contributed by atoms with van der Waals surface area (Å²) in [6.07, 6.45) is -4.56. The Kier molecular flexibility index (Phi) is 2.42. The van der Waals surface area contributed by atoms with Gasteiger partial charge in [-0.1, -0.05) is 0 Å². The highest BCUT2D eigenvalue weighted by molar-refractivity contribution is 5.30. The van der Waals surface area contributed by atoms with Gasteiger partial charge in [0, 0.05) is 0 Å². The van der Waals surface area contributed by atoms with Gasteiger partial charge in [0.1, 0.15) is 0 Å². The average Bonchev–Trinajstić information content (AvgIpc) is 2.02. The highest BCUT2D eigenvalue weighted by atomic mass is 19.4. The zero-order valence-electron chi connectivity index (χ0n) is 6.23. The lowest BCUT2D eigenvalue weighted by atomic mass is 10.2. The van der Waals surface area contributed by atoms with E-state index in [1.807, 2.05) is 0 Å². The number of hydrogen-bond donors (Lipinski definition) is 1. The van der Waals surface area contributed by atoms with E-state index >= 15 is 0 Å². The van der Waals surface area contributed by atoms with E-state index in [0.717, 1.165) is 6.07 Å². The van der Waals surface area contributed by atoms with Crippen molar-refractivity contribution < 1.29 is 22.4 Å². The second-order valence-electron chi connectivity index (χ2n) is 2.26. The molecule has 6 heteroatoms. The first-order valence-corrected chi connectivity index (χ1v) is 3.18. The van der Waals surface area contributed by atoms with Gasteiger partial charge in [0.05, 0.1) is 5.56 Å². The van der Waals surface area contributed by atoms with Gasteiger partial charge in [-0.05, 0) is 18.2 Å². The number of alkyl halides is 3. The van der Waals surface area contributed by atoms with Gasteiger partial charge in [-0.2, -0.15) is 19.1 Å². The van der Waals surface area contributed by atoms with Crippen molar-refractivity contribution >= 4 is 0 Å². The number of benzene rings is 1. The quantitative estimate of drug-likeness (QED) is 0.550. The molecule has 2 N–H and O–H groups in total. The van der Waals surface area contributed by atoms with Crippen molar-refractivity contribution in [2.75, 3.05) is 0 Å². The normalized spacial score (nSPS) is 11.5. The Morgan fingerprint density at radius 3 is 2.23 bits per heavy atom. The Labute approximate surface area is 70.9 Å². The van der Waals surface area contributed by atoms with Gasteiger partial charge in [0.25, 0.3) is 0 Å². The van der Waals surface area contributed by atoms with Crippen molar-refractivity contribution in [2.24, 2.45) is 5.90 Å². The smallest absolute Gasteiger partial charge is 0.408 e.